The Kier molecular flexibility index (Phi) is 3.14. The van der Waals surface area contributed by atoms with Gasteiger partial charge >= 0.3 is 0 Å². The van der Waals surface area contributed by atoms with Crippen molar-refractivity contribution in [3.05, 3.63) is 26.3 Å². The molecule has 0 N–H and O–H groups in total. The fourth-order valence-electron chi connectivity index (χ4n) is 2.04. The van der Waals surface area contributed by atoms with Gasteiger partial charge in [0.1, 0.15) is 0 Å². The summed E-state index contributed by atoms with van der Waals surface area (Å²) in [6.07, 6.45) is 0. The number of fused-ring (bicyclic) bond motifs is 1. The van der Waals surface area contributed by atoms with E-state index in [0.29, 0.717) is 5.02 Å². The fourth-order valence-corrected chi connectivity index (χ4v) is 3.45. The van der Waals surface area contributed by atoms with E-state index in [0.717, 1.165) is 14.8 Å². The molecule has 1 aromatic carbocycles. The van der Waals surface area contributed by atoms with E-state index in [4.69, 9.17) is 23.2 Å². The van der Waals surface area contributed by atoms with Gasteiger partial charge < -0.3 is 4.90 Å². The van der Waals surface area contributed by atoms with E-state index >= 15 is 0 Å². The zero-order chi connectivity index (χ0) is 12.1. The van der Waals surface area contributed by atoms with E-state index in [-0.39, 0.29) is 11.8 Å². The maximum atomic E-state index is 12.2. The van der Waals surface area contributed by atoms with Gasteiger partial charge in [-0.3, -0.25) is 4.79 Å². The highest BCUT2D eigenvalue weighted by molar-refractivity contribution is 14.1. The largest absolute Gasteiger partial charge is 0.313 e. The summed E-state index contributed by atoms with van der Waals surface area (Å²) in [6.45, 7) is 1.86. The number of amides is 1. The third-order valence-electron chi connectivity index (χ3n) is 3.00. The summed E-state index contributed by atoms with van der Waals surface area (Å²) in [5, 5.41) is 0.603. The van der Waals surface area contributed by atoms with Crippen molar-refractivity contribution < 1.29 is 4.79 Å². The average Bonchev–Trinajstić information content (AvgIpc) is 2.42. The van der Waals surface area contributed by atoms with Crippen LogP contribution in [-0.2, 0) is 10.2 Å². The second-order valence-electron chi connectivity index (χ2n) is 4.11. The second kappa shape index (κ2) is 4.03. The third kappa shape index (κ3) is 1.56. The van der Waals surface area contributed by atoms with Crippen molar-refractivity contribution in [2.45, 2.75) is 12.3 Å². The molecule has 2 nitrogen and oxygen atoms in total. The SMILES string of the molecule is CN1C(=O)C(C)(CCl)c2cc(I)cc(Cl)c21. The lowest BCUT2D eigenvalue weighted by atomic mass is 9.86. The average molecular weight is 370 g/mol. The molecule has 1 heterocycles. The van der Waals surface area contributed by atoms with Gasteiger partial charge in [0.2, 0.25) is 5.91 Å². The van der Waals surface area contributed by atoms with Crippen molar-refractivity contribution in [1.82, 2.24) is 0 Å². The first kappa shape index (κ1) is 12.5. The first-order chi connectivity index (χ1) is 7.41. The molecule has 0 aromatic heterocycles. The standard InChI is InChI=1S/C11H10Cl2INO/c1-11(5-12)7-3-6(14)4-8(13)9(7)15(2)10(11)16/h3-4H,5H2,1-2H3. The molecule has 0 bridgehead atoms. The van der Waals surface area contributed by atoms with Gasteiger partial charge in [0.15, 0.2) is 0 Å². The van der Waals surface area contributed by atoms with Crippen LogP contribution in [0.4, 0.5) is 5.69 Å². The van der Waals surface area contributed by atoms with Gasteiger partial charge in [0.25, 0.3) is 0 Å². The number of carbonyl (C=O) groups excluding carboxylic acids is 1. The Morgan fingerprint density at radius 2 is 2.12 bits per heavy atom. The molecule has 0 saturated heterocycles. The van der Waals surface area contributed by atoms with Crippen LogP contribution in [0.25, 0.3) is 0 Å². The van der Waals surface area contributed by atoms with Gasteiger partial charge in [-0.1, -0.05) is 11.6 Å². The van der Waals surface area contributed by atoms with E-state index < -0.39 is 5.41 Å². The molecule has 0 aliphatic carbocycles. The molecular weight excluding hydrogens is 360 g/mol. The molecule has 1 unspecified atom stereocenters. The lowest BCUT2D eigenvalue weighted by Gasteiger charge is -2.19. The minimum atomic E-state index is -0.656. The smallest absolute Gasteiger partial charge is 0.238 e. The van der Waals surface area contributed by atoms with Crippen LogP contribution in [0.5, 0.6) is 0 Å². The molecule has 0 spiro atoms. The number of anilines is 1. The minimum absolute atomic E-state index is 0.00130. The van der Waals surface area contributed by atoms with Crippen LogP contribution in [0.15, 0.2) is 12.1 Å². The molecule has 0 radical (unpaired) electrons. The molecule has 5 heteroatoms. The third-order valence-corrected chi connectivity index (χ3v) is 4.45. The number of hydrogen-bond donors (Lipinski definition) is 0. The zero-order valence-corrected chi connectivity index (χ0v) is 12.5. The molecule has 0 fully saturated rings. The van der Waals surface area contributed by atoms with Crippen LogP contribution in [0, 0.1) is 3.57 Å². The Morgan fingerprint density at radius 3 is 2.69 bits per heavy atom. The van der Waals surface area contributed by atoms with E-state index in [2.05, 4.69) is 22.6 Å². The van der Waals surface area contributed by atoms with Gasteiger partial charge in [-0.25, -0.2) is 0 Å². The highest BCUT2D eigenvalue weighted by Gasteiger charge is 2.46. The van der Waals surface area contributed by atoms with Gasteiger partial charge in [-0.05, 0) is 47.2 Å². The van der Waals surface area contributed by atoms with Crippen molar-refractivity contribution >= 4 is 57.4 Å². The Bertz CT molecular complexity index is 477. The second-order valence-corrected chi connectivity index (χ2v) is 6.03. The van der Waals surface area contributed by atoms with Gasteiger partial charge in [0.05, 0.1) is 16.1 Å². The van der Waals surface area contributed by atoms with Crippen LogP contribution in [0.3, 0.4) is 0 Å². The maximum absolute atomic E-state index is 12.2. The highest BCUT2D eigenvalue weighted by atomic mass is 127. The monoisotopic (exact) mass is 369 g/mol. The summed E-state index contributed by atoms with van der Waals surface area (Å²) >= 11 is 14.3. The predicted molar refractivity (Wildman–Crippen MR) is 75.7 cm³/mol. The number of nitrogens with zero attached hydrogens (tertiary/aromatic N) is 1. The Morgan fingerprint density at radius 1 is 1.50 bits per heavy atom. The quantitative estimate of drug-likeness (QED) is 0.548. The Labute approximate surface area is 118 Å². The molecular formula is C11H10Cl2INO. The van der Waals surface area contributed by atoms with Crippen molar-refractivity contribution in [3.8, 4) is 0 Å². The molecule has 1 aromatic rings. The maximum Gasteiger partial charge on any atom is 0.238 e. The van der Waals surface area contributed by atoms with Crippen LogP contribution in [0.1, 0.15) is 12.5 Å². The highest BCUT2D eigenvalue weighted by Crippen LogP contribution is 2.46. The molecule has 1 aliphatic rings. The minimum Gasteiger partial charge on any atom is -0.313 e. The predicted octanol–water partition coefficient (Wildman–Crippen LogP) is 3.42. The number of alkyl halides is 1. The van der Waals surface area contributed by atoms with Crippen LogP contribution >= 0.6 is 45.8 Å². The summed E-state index contributed by atoms with van der Waals surface area (Å²) < 4.78 is 1.01. The van der Waals surface area contributed by atoms with Crippen LogP contribution in [0.2, 0.25) is 5.02 Å². The Balaban J connectivity index is 2.75. The molecule has 1 aliphatic heterocycles. The molecule has 2 rings (SSSR count). The summed E-state index contributed by atoms with van der Waals surface area (Å²) in [6, 6.07) is 3.83. The summed E-state index contributed by atoms with van der Waals surface area (Å²) in [7, 11) is 1.73. The normalized spacial score (nSPS) is 23.8. The van der Waals surface area contributed by atoms with Gasteiger partial charge in [-0.15, -0.1) is 11.6 Å². The van der Waals surface area contributed by atoms with Crippen molar-refractivity contribution in [2.24, 2.45) is 0 Å². The summed E-state index contributed by atoms with van der Waals surface area (Å²) in [4.78, 5) is 13.8. The zero-order valence-electron chi connectivity index (χ0n) is 8.85. The number of rotatable bonds is 1. The lowest BCUT2D eigenvalue weighted by molar-refractivity contribution is -0.121. The lowest BCUT2D eigenvalue weighted by Crippen LogP contribution is -2.37. The Hall–Kier alpha value is -0.0000000000000000555. The topological polar surface area (TPSA) is 20.3 Å². The number of halogens is 3. The number of benzene rings is 1. The molecule has 86 valence electrons. The van der Waals surface area contributed by atoms with E-state index in [9.17, 15) is 4.79 Å². The fraction of sp³-hybridized carbons (Fsp3) is 0.364. The first-order valence-corrected chi connectivity index (χ1v) is 6.74. The van der Waals surface area contributed by atoms with E-state index in [1.54, 1.807) is 11.9 Å². The summed E-state index contributed by atoms with van der Waals surface area (Å²) in [5.74, 6) is 0.265. The van der Waals surface area contributed by atoms with Crippen molar-refractivity contribution in [3.63, 3.8) is 0 Å². The molecule has 0 saturated carbocycles. The van der Waals surface area contributed by atoms with E-state index in [1.807, 2.05) is 19.1 Å². The van der Waals surface area contributed by atoms with Crippen molar-refractivity contribution in [1.29, 1.82) is 0 Å². The van der Waals surface area contributed by atoms with Gasteiger partial charge in [-0.2, -0.15) is 0 Å². The molecule has 1 atom stereocenters. The van der Waals surface area contributed by atoms with E-state index in [1.165, 1.54) is 0 Å². The van der Waals surface area contributed by atoms with Crippen LogP contribution in [-0.4, -0.2) is 18.8 Å². The first-order valence-electron chi connectivity index (χ1n) is 4.75. The summed E-state index contributed by atoms with van der Waals surface area (Å²) in [5.41, 5.74) is 1.05. The van der Waals surface area contributed by atoms with Gasteiger partial charge in [0, 0.05) is 16.5 Å². The number of likely N-dealkylation sites (N-methyl/N-ethyl adjacent to an activating group) is 1. The number of hydrogen-bond acceptors (Lipinski definition) is 1. The number of carbonyl (C=O) groups is 1. The van der Waals surface area contributed by atoms with Crippen LogP contribution < -0.4 is 4.90 Å². The molecule has 16 heavy (non-hydrogen) atoms. The van der Waals surface area contributed by atoms with Crippen molar-refractivity contribution in [2.75, 3.05) is 17.8 Å². The molecule has 1 amide bonds.